The molecule has 2 aromatic rings. The number of hydrogen-bond acceptors (Lipinski definition) is 6. The van der Waals surface area contributed by atoms with Crippen molar-refractivity contribution in [3.63, 3.8) is 0 Å². The third kappa shape index (κ3) is 3.01. The van der Waals surface area contributed by atoms with Gasteiger partial charge in [0.05, 0.1) is 11.4 Å². The first-order chi connectivity index (χ1) is 12.6. The second kappa shape index (κ2) is 7.19. The van der Waals surface area contributed by atoms with Crippen LogP contribution in [0.1, 0.15) is 24.5 Å². The molecule has 1 unspecified atom stereocenters. The fraction of sp³-hybridized carbons (Fsp3) is 0.300. The Morgan fingerprint density at radius 2 is 1.96 bits per heavy atom. The van der Waals surface area contributed by atoms with Gasteiger partial charge < -0.3 is 9.83 Å². The summed E-state index contributed by atoms with van der Waals surface area (Å²) in [4.78, 5) is 0.928. The average Bonchev–Trinajstić information content (AvgIpc) is 2.92. The first-order valence-corrected chi connectivity index (χ1v) is 10.3. The summed E-state index contributed by atoms with van der Waals surface area (Å²) in [7, 11) is 1.94. The highest BCUT2D eigenvalue weighted by atomic mass is 32.2. The van der Waals surface area contributed by atoms with Crippen molar-refractivity contribution in [3.8, 4) is 0 Å². The van der Waals surface area contributed by atoms with Crippen molar-refractivity contribution in [1.82, 2.24) is 5.01 Å². The van der Waals surface area contributed by atoms with E-state index in [9.17, 15) is 5.11 Å². The maximum Gasteiger partial charge on any atom is 0.148 e. The van der Waals surface area contributed by atoms with E-state index in [0.29, 0.717) is 0 Å². The van der Waals surface area contributed by atoms with Crippen LogP contribution in [-0.4, -0.2) is 29.1 Å². The van der Waals surface area contributed by atoms with E-state index in [-0.39, 0.29) is 0 Å². The Morgan fingerprint density at radius 1 is 1.19 bits per heavy atom. The van der Waals surface area contributed by atoms with Crippen molar-refractivity contribution >= 4 is 41.6 Å². The molecule has 0 saturated heterocycles. The quantitative estimate of drug-likeness (QED) is 0.537. The fourth-order valence-corrected chi connectivity index (χ4v) is 4.28. The number of nitrogens with zero attached hydrogens (tertiary/aromatic N) is 2. The highest BCUT2D eigenvalue weighted by molar-refractivity contribution is 8.00. The normalized spacial score (nSPS) is 19.5. The lowest BCUT2D eigenvalue weighted by Crippen LogP contribution is -2.39. The summed E-state index contributed by atoms with van der Waals surface area (Å²) in [5, 5.41) is 14.8. The first kappa shape index (κ1) is 17.8. The number of aliphatic hydroxyl groups excluding tert-OH is 1. The third-order valence-corrected chi connectivity index (χ3v) is 5.92. The summed E-state index contributed by atoms with van der Waals surface area (Å²) in [6.07, 6.45) is 1.25. The van der Waals surface area contributed by atoms with Crippen LogP contribution in [0.4, 0.5) is 11.4 Å². The Kier molecular flexibility index (Phi) is 4.92. The standard InChI is InChI=1S/C20H23N3OS2/c1-3-26-21-14-6-4-13-5-11-17-19(18(13)12-14)23(22(2)20(17)24)15-7-9-16(25)10-8-15/h4,6-10,12,20-21,24-25H,3,5,11H2,1-2H3. The monoisotopic (exact) mass is 385 g/mol. The van der Waals surface area contributed by atoms with Gasteiger partial charge in [-0.2, -0.15) is 5.01 Å². The Labute approximate surface area is 164 Å². The number of thiol groups is 1. The lowest BCUT2D eigenvalue weighted by Gasteiger charge is -2.32. The molecule has 0 bridgehead atoms. The van der Waals surface area contributed by atoms with E-state index in [4.69, 9.17) is 0 Å². The van der Waals surface area contributed by atoms with Gasteiger partial charge in [-0.1, -0.05) is 24.9 Å². The Morgan fingerprint density at radius 3 is 2.69 bits per heavy atom. The van der Waals surface area contributed by atoms with Gasteiger partial charge in [-0.25, -0.2) is 0 Å². The fourth-order valence-electron chi connectivity index (χ4n) is 3.69. The predicted molar refractivity (Wildman–Crippen MR) is 113 cm³/mol. The molecule has 2 N–H and O–H groups in total. The molecule has 1 aliphatic heterocycles. The summed E-state index contributed by atoms with van der Waals surface area (Å²) in [6, 6.07) is 14.6. The molecule has 0 saturated carbocycles. The minimum Gasteiger partial charge on any atom is -0.373 e. The van der Waals surface area contributed by atoms with Gasteiger partial charge in [-0.15, -0.1) is 12.6 Å². The molecule has 1 heterocycles. The zero-order valence-electron chi connectivity index (χ0n) is 14.9. The van der Waals surface area contributed by atoms with E-state index in [0.717, 1.165) is 46.1 Å². The molecule has 0 radical (unpaired) electrons. The maximum absolute atomic E-state index is 10.8. The minimum absolute atomic E-state index is 0.588. The molecule has 0 spiro atoms. The largest absolute Gasteiger partial charge is 0.373 e. The van der Waals surface area contributed by atoms with Crippen LogP contribution >= 0.6 is 24.6 Å². The van der Waals surface area contributed by atoms with Gasteiger partial charge in [0.25, 0.3) is 0 Å². The van der Waals surface area contributed by atoms with E-state index in [1.165, 1.54) is 11.1 Å². The zero-order valence-corrected chi connectivity index (χ0v) is 16.6. The predicted octanol–water partition coefficient (Wildman–Crippen LogP) is 4.40. The third-order valence-electron chi connectivity index (χ3n) is 4.95. The van der Waals surface area contributed by atoms with Gasteiger partial charge in [0, 0.05) is 34.5 Å². The Balaban J connectivity index is 1.80. The summed E-state index contributed by atoms with van der Waals surface area (Å²) >= 11 is 6.08. The van der Waals surface area contributed by atoms with E-state index >= 15 is 0 Å². The van der Waals surface area contributed by atoms with Crippen LogP contribution in [0.5, 0.6) is 0 Å². The van der Waals surface area contributed by atoms with Gasteiger partial charge in [-0.05, 0) is 54.8 Å². The van der Waals surface area contributed by atoms with Crippen LogP contribution in [0.25, 0.3) is 5.70 Å². The molecule has 6 heteroatoms. The molecule has 136 valence electrons. The number of benzene rings is 2. The van der Waals surface area contributed by atoms with Crippen LogP contribution in [0, 0.1) is 0 Å². The van der Waals surface area contributed by atoms with Gasteiger partial charge in [-0.3, -0.25) is 5.01 Å². The molecule has 1 aliphatic carbocycles. The maximum atomic E-state index is 10.8. The number of fused-ring (bicyclic) bond motifs is 2. The number of hydrazine groups is 1. The molecule has 4 rings (SSSR count). The smallest absolute Gasteiger partial charge is 0.148 e. The zero-order chi connectivity index (χ0) is 18.3. The highest BCUT2D eigenvalue weighted by Crippen LogP contribution is 2.44. The van der Waals surface area contributed by atoms with Crippen molar-refractivity contribution in [2.24, 2.45) is 0 Å². The summed E-state index contributed by atoms with van der Waals surface area (Å²) in [5.74, 6) is 1.01. The molecule has 0 amide bonds. The van der Waals surface area contributed by atoms with E-state index in [1.54, 1.807) is 11.9 Å². The van der Waals surface area contributed by atoms with Crippen molar-refractivity contribution in [2.75, 3.05) is 22.5 Å². The number of nitrogens with one attached hydrogen (secondary N) is 1. The van der Waals surface area contributed by atoms with Gasteiger partial charge >= 0.3 is 0 Å². The highest BCUT2D eigenvalue weighted by Gasteiger charge is 2.39. The van der Waals surface area contributed by atoms with Crippen LogP contribution in [0.3, 0.4) is 0 Å². The molecular formula is C20H23N3OS2. The lowest BCUT2D eigenvalue weighted by atomic mass is 9.88. The van der Waals surface area contributed by atoms with Gasteiger partial charge in [0.1, 0.15) is 6.23 Å². The molecular weight excluding hydrogens is 362 g/mol. The van der Waals surface area contributed by atoms with Crippen molar-refractivity contribution in [3.05, 3.63) is 59.2 Å². The second-order valence-corrected chi connectivity index (χ2v) is 8.14. The van der Waals surface area contributed by atoms with Gasteiger partial charge in [0.15, 0.2) is 0 Å². The van der Waals surface area contributed by atoms with Crippen LogP contribution in [0.15, 0.2) is 52.9 Å². The lowest BCUT2D eigenvalue weighted by molar-refractivity contribution is 0.0653. The number of hydrogen-bond donors (Lipinski definition) is 3. The number of anilines is 2. The molecule has 2 aliphatic rings. The van der Waals surface area contributed by atoms with E-state index in [1.807, 2.05) is 36.3 Å². The molecule has 26 heavy (non-hydrogen) atoms. The van der Waals surface area contributed by atoms with Crippen molar-refractivity contribution in [1.29, 1.82) is 0 Å². The summed E-state index contributed by atoms with van der Waals surface area (Å²) in [6.45, 7) is 2.13. The van der Waals surface area contributed by atoms with E-state index in [2.05, 4.69) is 47.5 Å². The minimum atomic E-state index is -0.588. The van der Waals surface area contributed by atoms with Crippen molar-refractivity contribution in [2.45, 2.75) is 30.9 Å². The number of likely N-dealkylation sites (N-methyl/N-ethyl adjacent to an activating group) is 1. The van der Waals surface area contributed by atoms with Crippen molar-refractivity contribution < 1.29 is 5.11 Å². The molecule has 1 atom stereocenters. The summed E-state index contributed by atoms with van der Waals surface area (Å²) < 4.78 is 3.40. The first-order valence-electron chi connectivity index (χ1n) is 8.84. The molecule has 0 fully saturated rings. The second-order valence-electron chi connectivity index (χ2n) is 6.56. The molecule has 4 nitrogen and oxygen atoms in total. The Bertz CT molecular complexity index is 851. The van der Waals surface area contributed by atoms with Crippen LogP contribution in [0.2, 0.25) is 0 Å². The average molecular weight is 386 g/mol. The number of aliphatic hydroxyl groups is 1. The topological polar surface area (TPSA) is 38.7 Å². The number of aryl methyl sites for hydroxylation is 1. The van der Waals surface area contributed by atoms with Gasteiger partial charge in [0.2, 0.25) is 0 Å². The van der Waals surface area contributed by atoms with Crippen LogP contribution < -0.4 is 9.73 Å². The summed E-state index contributed by atoms with van der Waals surface area (Å²) in [5.41, 5.74) is 6.86. The Hall–Kier alpha value is -1.60. The SMILES string of the molecule is CCSNc1ccc2c(c1)C1=C(CC2)C(O)N(C)N1c1ccc(S)cc1. The molecule has 2 aromatic carbocycles. The molecule has 0 aromatic heterocycles. The van der Waals surface area contributed by atoms with E-state index < -0.39 is 6.23 Å². The number of rotatable bonds is 4. The van der Waals surface area contributed by atoms with Crippen LogP contribution in [-0.2, 0) is 6.42 Å².